The van der Waals surface area contributed by atoms with Crippen molar-refractivity contribution in [3.8, 4) is 0 Å². The second kappa shape index (κ2) is 49.7. The molecule has 8 heteroatoms. The van der Waals surface area contributed by atoms with Crippen LogP contribution in [0.1, 0.15) is 48.0 Å². The number of aromatic nitrogens is 2. The number of aliphatic imine (C=N–C) groups is 1. The fourth-order valence-electron chi connectivity index (χ4n) is 0.656. The molecule has 0 spiro atoms. The van der Waals surface area contributed by atoms with Gasteiger partial charge in [-0.1, -0.05) is 47.6 Å². The first-order chi connectivity index (χ1) is 10.5. The number of allylic oxidation sites excluding steroid dienone is 1. The van der Waals surface area contributed by atoms with Crippen LogP contribution in [0, 0.1) is 0 Å². The molecule has 0 fully saturated rings. The number of hydrogen-bond acceptors (Lipinski definition) is 5. The average molecular weight is 578 g/mol. The normalized spacial score (nSPS) is 7.75. The van der Waals surface area contributed by atoms with Gasteiger partial charge in [0.15, 0.2) is 6.39 Å². The van der Waals surface area contributed by atoms with Gasteiger partial charge in [-0.25, -0.2) is 4.98 Å². The first-order valence-electron chi connectivity index (χ1n) is 7.31. The summed E-state index contributed by atoms with van der Waals surface area (Å²) in [5, 5.41) is 1.93. The van der Waals surface area contributed by atoms with E-state index in [0.29, 0.717) is 0 Å². The summed E-state index contributed by atoms with van der Waals surface area (Å²) in [6.45, 7) is 12.0. The van der Waals surface area contributed by atoms with Crippen molar-refractivity contribution in [1.82, 2.24) is 9.97 Å². The van der Waals surface area contributed by atoms with Gasteiger partial charge in [0, 0.05) is 129 Å². The van der Waals surface area contributed by atoms with E-state index in [9.17, 15) is 0 Å². The number of rotatable bonds is 0. The molecule has 1 aliphatic rings. The van der Waals surface area contributed by atoms with Crippen LogP contribution in [0.3, 0.4) is 0 Å². The summed E-state index contributed by atoms with van der Waals surface area (Å²) >= 11 is 1.60. The molecule has 0 aliphatic carbocycles. The van der Waals surface area contributed by atoms with Crippen LogP contribution < -0.4 is 0 Å². The third-order valence-corrected chi connectivity index (χ3v) is 1.76. The van der Waals surface area contributed by atoms with Crippen LogP contribution in [0.5, 0.6) is 0 Å². The molecule has 0 saturated heterocycles. The summed E-state index contributed by atoms with van der Waals surface area (Å²) in [5.41, 5.74) is 1.79. The topological polar surface area (TPSA) is 51.3 Å². The Morgan fingerprint density at radius 3 is 1.62 bits per heavy atom. The fourth-order valence-corrected chi connectivity index (χ4v) is 1.01. The van der Waals surface area contributed by atoms with Crippen molar-refractivity contribution in [3.63, 3.8) is 0 Å². The Labute approximate surface area is 227 Å². The molecule has 24 heavy (non-hydrogen) atoms. The van der Waals surface area contributed by atoms with E-state index < -0.39 is 0 Å². The van der Waals surface area contributed by atoms with Crippen LogP contribution in [-0.2, 0) is 98.1 Å². The van der Waals surface area contributed by atoms with E-state index in [2.05, 4.69) is 19.4 Å². The maximum absolute atomic E-state index is 4.47. The summed E-state index contributed by atoms with van der Waals surface area (Å²) in [6, 6.07) is 0. The van der Waals surface area contributed by atoms with Gasteiger partial charge < -0.3 is 4.42 Å². The molecule has 4 nitrogen and oxygen atoms in total. The Morgan fingerprint density at radius 1 is 0.875 bits per heavy atom. The van der Waals surface area contributed by atoms with E-state index in [1.807, 2.05) is 59.2 Å². The second-order valence-corrected chi connectivity index (χ2v) is 3.06. The molecule has 3 heterocycles. The molecule has 129 valence electrons. The number of oxazole rings is 1. The van der Waals surface area contributed by atoms with Crippen molar-refractivity contribution in [1.29, 1.82) is 0 Å². The zero-order valence-electron chi connectivity index (χ0n) is 15.8. The minimum absolute atomic E-state index is 0. The molecule has 2 aromatic heterocycles. The number of nitrogens with zero attached hydrogens (tertiary/aromatic N) is 3. The van der Waals surface area contributed by atoms with Crippen molar-refractivity contribution in [3.05, 3.63) is 48.2 Å². The first-order valence-corrected chi connectivity index (χ1v) is 8.25. The molecule has 0 amide bonds. The minimum Gasteiger partial charge on any atom is -0.452 e. The van der Waals surface area contributed by atoms with Crippen LogP contribution in [0.15, 0.2) is 57.6 Å². The zero-order valence-corrected chi connectivity index (χ0v) is 25.1. The van der Waals surface area contributed by atoms with E-state index in [-0.39, 0.29) is 98.1 Å². The molecule has 0 aromatic carbocycles. The minimum atomic E-state index is 0. The van der Waals surface area contributed by atoms with Crippen molar-refractivity contribution < 1.29 is 103 Å². The van der Waals surface area contributed by atoms with Crippen LogP contribution in [0.2, 0.25) is 0 Å². The monoisotopic (exact) mass is 578 g/mol. The van der Waals surface area contributed by atoms with E-state index in [4.69, 9.17) is 0 Å². The summed E-state index contributed by atoms with van der Waals surface area (Å²) in [4.78, 5) is 11.1. The molecule has 0 saturated carbocycles. The van der Waals surface area contributed by atoms with Gasteiger partial charge in [0.05, 0.1) is 11.7 Å². The molecule has 3 radical (unpaired) electrons. The van der Waals surface area contributed by atoms with Gasteiger partial charge in [-0.05, 0) is 0 Å². The maximum atomic E-state index is 4.47. The van der Waals surface area contributed by atoms with Crippen molar-refractivity contribution in [2.75, 3.05) is 0 Å². The van der Waals surface area contributed by atoms with Crippen LogP contribution in [0.25, 0.3) is 0 Å². The van der Waals surface area contributed by atoms with E-state index in [1.54, 1.807) is 35.4 Å². The van der Waals surface area contributed by atoms with Crippen LogP contribution >= 0.6 is 11.3 Å². The molecule has 0 N–H and O–H groups in total. The summed E-state index contributed by atoms with van der Waals surface area (Å²) in [5.74, 6) is 0. The fraction of sp³-hybridized carbons (Fsp3) is 0.438. The van der Waals surface area contributed by atoms with Crippen molar-refractivity contribution in [2.45, 2.75) is 48.0 Å². The molecule has 0 atom stereocenters. The molecule has 1 aliphatic heterocycles. The predicted octanol–water partition coefficient (Wildman–Crippen LogP) is 5.86. The number of hydrogen-bond donors (Lipinski definition) is 0. The van der Waals surface area contributed by atoms with Gasteiger partial charge in [-0.15, -0.1) is 11.3 Å². The largest absolute Gasteiger partial charge is 0.452 e. The Hall–Kier alpha value is 1.56. The van der Waals surface area contributed by atoms with Crippen molar-refractivity contribution in [2.24, 2.45) is 4.99 Å². The summed E-state index contributed by atoms with van der Waals surface area (Å²) < 4.78 is 4.47. The van der Waals surface area contributed by atoms with Gasteiger partial charge in [0.2, 0.25) is 0 Å². The Balaban J connectivity index is -0.0000000417. The van der Waals surface area contributed by atoms with E-state index in [0.717, 1.165) is 6.42 Å². The van der Waals surface area contributed by atoms with Gasteiger partial charge in [-0.3, -0.25) is 9.98 Å². The summed E-state index contributed by atoms with van der Waals surface area (Å²) in [7, 11) is 0. The SMILES string of the molecule is C1=CN=CC1.CC.CC.CC.[Y].[Y].[Y].c1cocn1.c1cscn1. The smallest absolute Gasteiger partial charge is 0.180 e. The Bertz CT molecular complexity index is 299. The Kier molecular flexibility index (Phi) is 83.5. The Morgan fingerprint density at radius 2 is 1.50 bits per heavy atom. The third kappa shape index (κ3) is 43.7. The molecule has 0 unspecified atom stereocenters. The van der Waals surface area contributed by atoms with Gasteiger partial charge >= 0.3 is 0 Å². The molecule has 3 rings (SSSR count). The quantitative estimate of drug-likeness (QED) is 0.394. The van der Waals surface area contributed by atoms with Crippen LogP contribution in [-0.4, -0.2) is 16.2 Å². The van der Waals surface area contributed by atoms with Crippen LogP contribution in [0.4, 0.5) is 0 Å². The maximum Gasteiger partial charge on any atom is 0.180 e. The van der Waals surface area contributed by atoms with Gasteiger partial charge in [0.25, 0.3) is 0 Å². The predicted molar refractivity (Wildman–Crippen MR) is 94.9 cm³/mol. The zero-order chi connectivity index (χ0) is 16.6. The van der Waals surface area contributed by atoms with Gasteiger partial charge in [0.1, 0.15) is 6.26 Å². The van der Waals surface area contributed by atoms with Crippen molar-refractivity contribution >= 4 is 17.6 Å². The van der Waals surface area contributed by atoms with E-state index >= 15 is 0 Å². The molecule has 0 bridgehead atoms. The second-order valence-electron chi connectivity index (χ2n) is 2.30. The molecular formula is C16H29N3OSY3. The van der Waals surface area contributed by atoms with E-state index in [1.165, 1.54) is 12.7 Å². The first kappa shape index (κ1) is 40.3. The third-order valence-electron chi connectivity index (χ3n) is 1.23. The summed E-state index contributed by atoms with van der Waals surface area (Å²) in [6.07, 6.45) is 13.0. The number of thiazole rings is 1. The standard InChI is InChI=1S/C4H5N.C3H3NO.C3H3NS.3C2H6.3Y/c1-2-4-5-3-1;2*1-2-5-3-4-1;3*1-2;;;/h1,3-4H,2H2;2*1-3H;3*1-2H3;;;. The van der Waals surface area contributed by atoms with Gasteiger partial charge in [-0.2, -0.15) is 0 Å². The molecule has 2 aromatic rings. The average Bonchev–Trinajstić information content (AvgIpc) is 3.41. The molecular weight excluding hydrogens is 549 g/mol.